The molecule has 1 aromatic carbocycles. The number of benzene rings is 1. The molecule has 0 spiro atoms. The molecule has 1 N–H and O–H groups in total. The fourth-order valence-electron chi connectivity index (χ4n) is 7.85. The minimum atomic E-state index is -1.17. The molecule has 0 unspecified atom stereocenters. The topological polar surface area (TPSA) is 46.5 Å². The standard InChI is InChI=1S/C32H40O3/c1-7-16-32(34)28(35-6)18-27-25-14-10-21-17-23(33)13-15-24(21)29(25)26(19-31(27,32)5)20-8-11-22(12-9-20)30(2,3)4/h8-9,11-12,17,25-28,34H,10,13-15,18-19H2,1-6H3/t25-,26+,27-,28+,31-,32-/m0/s1. The average Bonchev–Trinajstić information content (AvgIpc) is 3.04. The van der Waals surface area contributed by atoms with Gasteiger partial charge in [-0.15, -0.1) is 5.92 Å². The predicted octanol–water partition coefficient (Wildman–Crippen LogP) is 6.26. The van der Waals surface area contributed by atoms with Crippen LogP contribution in [0.1, 0.15) is 90.2 Å². The van der Waals surface area contributed by atoms with E-state index in [0.717, 1.165) is 32.1 Å². The summed E-state index contributed by atoms with van der Waals surface area (Å²) in [7, 11) is 1.71. The predicted molar refractivity (Wildman–Crippen MR) is 140 cm³/mol. The summed E-state index contributed by atoms with van der Waals surface area (Å²) in [6.45, 7) is 10.8. The molecule has 2 saturated carbocycles. The van der Waals surface area contributed by atoms with Gasteiger partial charge in [-0.1, -0.05) is 63.5 Å². The molecule has 0 amide bonds. The number of ketones is 1. The Morgan fingerprint density at radius 3 is 2.46 bits per heavy atom. The van der Waals surface area contributed by atoms with Crippen LogP contribution in [0.3, 0.4) is 0 Å². The Labute approximate surface area is 211 Å². The van der Waals surface area contributed by atoms with Gasteiger partial charge in [0.05, 0.1) is 6.10 Å². The molecule has 186 valence electrons. The summed E-state index contributed by atoms with van der Waals surface area (Å²) in [5.74, 6) is 7.43. The monoisotopic (exact) mass is 472 g/mol. The van der Waals surface area contributed by atoms with Gasteiger partial charge in [-0.3, -0.25) is 4.79 Å². The van der Waals surface area contributed by atoms with Crippen LogP contribution in [-0.4, -0.2) is 29.7 Å². The molecule has 3 heteroatoms. The van der Waals surface area contributed by atoms with Crippen molar-refractivity contribution in [2.45, 2.75) is 96.2 Å². The van der Waals surface area contributed by atoms with Crippen LogP contribution < -0.4 is 0 Å². The summed E-state index contributed by atoms with van der Waals surface area (Å²) in [5.41, 5.74) is 5.43. The molecule has 4 aliphatic carbocycles. The molecule has 0 aromatic heterocycles. The lowest BCUT2D eigenvalue weighted by atomic mass is 9.51. The zero-order valence-corrected chi connectivity index (χ0v) is 22.2. The zero-order chi connectivity index (χ0) is 25.2. The first-order valence-corrected chi connectivity index (χ1v) is 13.3. The first-order chi connectivity index (χ1) is 16.5. The van der Waals surface area contributed by atoms with E-state index in [1.807, 2.05) is 13.0 Å². The van der Waals surface area contributed by atoms with E-state index in [-0.39, 0.29) is 28.6 Å². The van der Waals surface area contributed by atoms with Crippen LogP contribution in [-0.2, 0) is 14.9 Å². The van der Waals surface area contributed by atoms with Crippen LogP contribution in [0.25, 0.3) is 0 Å². The third kappa shape index (κ3) is 3.68. The van der Waals surface area contributed by atoms with Crippen LogP contribution in [0, 0.1) is 29.1 Å². The molecule has 3 nitrogen and oxygen atoms in total. The number of fused-ring (bicyclic) bond motifs is 4. The quantitative estimate of drug-likeness (QED) is 0.517. The maximum absolute atomic E-state index is 12.3. The normalized spacial score (nSPS) is 36.5. The molecule has 6 atom stereocenters. The lowest BCUT2D eigenvalue weighted by Crippen LogP contribution is -2.54. The number of ether oxygens (including phenoxy) is 1. The Hall–Kier alpha value is -2.15. The molecule has 35 heavy (non-hydrogen) atoms. The van der Waals surface area contributed by atoms with Crippen molar-refractivity contribution in [1.82, 2.24) is 0 Å². The van der Waals surface area contributed by atoms with Crippen LogP contribution in [0.5, 0.6) is 0 Å². The summed E-state index contributed by atoms with van der Waals surface area (Å²) in [6, 6.07) is 9.16. The number of aliphatic hydroxyl groups is 1. The highest BCUT2D eigenvalue weighted by Crippen LogP contribution is 2.67. The smallest absolute Gasteiger partial charge is 0.156 e. The van der Waals surface area contributed by atoms with E-state index in [0.29, 0.717) is 18.3 Å². The Balaban J connectivity index is 1.69. The molecule has 1 aromatic rings. The van der Waals surface area contributed by atoms with E-state index in [1.165, 1.54) is 27.8 Å². The number of rotatable bonds is 2. The molecule has 5 rings (SSSR count). The van der Waals surface area contributed by atoms with E-state index in [4.69, 9.17) is 4.74 Å². The first-order valence-electron chi connectivity index (χ1n) is 13.3. The maximum Gasteiger partial charge on any atom is 0.156 e. The summed E-state index contributed by atoms with van der Waals surface area (Å²) in [4.78, 5) is 12.3. The molecular weight excluding hydrogens is 432 g/mol. The lowest BCUT2D eigenvalue weighted by Gasteiger charge is -2.53. The lowest BCUT2D eigenvalue weighted by molar-refractivity contribution is -0.114. The van der Waals surface area contributed by atoms with Gasteiger partial charge in [0.15, 0.2) is 11.4 Å². The highest BCUT2D eigenvalue weighted by atomic mass is 16.5. The molecule has 0 radical (unpaired) electrons. The second kappa shape index (κ2) is 8.46. The van der Waals surface area contributed by atoms with Crippen molar-refractivity contribution in [3.63, 3.8) is 0 Å². The van der Waals surface area contributed by atoms with Crippen molar-refractivity contribution >= 4 is 5.78 Å². The molecule has 0 saturated heterocycles. The Kier molecular flexibility index (Phi) is 5.93. The summed E-state index contributed by atoms with van der Waals surface area (Å²) >= 11 is 0. The number of carbonyl (C=O) groups excluding carboxylic acids is 1. The molecule has 4 aliphatic rings. The van der Waals surface area contributed by atoms with Crippen molar-refractivity contribution in [3.8, 4) is 11.8 Å². The van der Waals surface area contributed by atoms with Crippen molar-refractivity contribution in [1.29, 1.82) is 0 Å². The average molecular weight is 473 g/mol. The van der Waals surface area contributed by atoms with Gasteiger partial charge in [0.25, 0.3) is 0 Å². The van der Waals surface area contributed by atoms with Crippen LogP contribution >= 0.6 is 0 Å². The molecule has 0 bridgehead atoms. The molecule has 2 fully saturated rings. The van der Waals surface area contributed by atoms with Crippen LogP contribution in [0.15, 0.2) is 47.1 Å². The van der Waals surface area contributed by atoms with Crippen molar-refractivity contribution in [2.75, 3.05) is 7.11 Å². The van der Waals surface area contributed by atoms with Gasteiger partial charge < -0.3 is 9.84 Å². The third-order valence-electron chi connectivity index (χ3n) is 9.71. The second-order valence-corrected chi connectivity index (χ2v) is 12.5. The fourth-order valence-corrected chi connectivity index (χ4v) is 7.85. The van der Waals surface area contributed by atoms with Gasteiger partial charge in [-0.2, -0.15) is 0 Å². The highest BCUT2D eigenvalue weighted by molar-refractivity contribution is 5.93. The zero-order valence-electron chi connectivity index (χ0n) is 22.2. The third-order valence-corrected chi connectivity index (χ3v) is 9.71. The number of methoxy groups -OCH3 is 1. The first kappa shape index (κ1) is 24.5. The van der Waals surface area contributed by atoms with Crippen LogP contribution in [0.4, 0.5) is 0 Å². The Bertz CT molecular complexity index is 1150. The van der Waals surface area contributed by atoms with Crippen molar-refractivity contribution < 1.29 is 14.6 Å². The van der Waals surface area contributed by atoms with E-state index >= 15 is 0 Å². The van der Waals surface area contributed by atoms with Gasteiger partial charge >= 0.3 is 0 Å². The number of allylic oxidation sites excluding steroid dienone is 4. The van der Waals surface area contributed by atoms with Gasteiger partial charge in [0.1, 0.15) is 0 Å². The Morgan fingerprint density at radius 1 is 1.11 bits per heavy atom. The summed E-state index contributed by atoms with van der Waals surface area (Å²) in [6.07, 6.45) is 6.74. The minimum Gasteiger partial charge on any atom is -0.377 e. The van der Waals surface area contributed by atoms with Gasteiger partial charge in [0.2, 0.25) is 0 Å². The number of hydrogen-bond donors (Lipinski definition) is 1. The van der Waals surface area contributed by atoms with E-state index in [1.54, 1.807) is 7.11 Å². The van der Waals surface area contributed by atoms with Crippen LogP contribution in [0.2, 0.25) is 0 Å². The number of hydrogen-bond acceptors (Lipinski definition) is 3. The Morgan fingerprint density at radius 2 is 1.83 bits per heavy atom. The molecular formula is C32H40O3. The van der Waals surface area contributed by atoms with Crippen molar-refractivity contribution in [2.24, 2.45) is 17.3 Å². The van der Waals surface area contributed by atoms with Gasteiger partial charge in [0, 0.05) is 24.9 Å². The summed E-state index contributed by atoms with van der Waals surface area (Å²) < 4.78 is 5.91. The van der Waals surface area contributed by atoms with E-state index in [9.17, 15) is 9.90 Å². The minimum absolute atomic E-state index is 0.102. The summed E-state index contributed by atoms with van der Waals surface area (Å²) in [5, 5.41) is 12.1. The van der Waals surface area contributed by atoms with E-state index in [2.05, 4.69) is 63.8 Å². The number of carbonyl (C=O) groups is 1. The molecule has 0 heterocycles. The maximum atomic E-state index is 12.3. The molecule has 0 aliphatic heterocycles. The largest absolute Gasteiger partial charge is 0.377 e. The van der Waals surface area contributed by atoms with Gasteiger partial charge in [-0.25, -0.2) is 0 Å². The van der Waals surface area contributed by atoms with Crippen molar-refractivity contribution in [3.05, 3.63) is 58.2 Å². The fraction of sp³-hybridized carbons (Fsp3) is 0.594. The van der Waals surface area contributed by atoms with E-state index < -0.39 is 5.60 Å². The second-order valence-electron chi connectivity index (χ2n) is 12.5. The van der Waals surface area contributed by atoms with Gasteiger partial charge in [-0.05, 0) is 84.6 Å². The SMILES string of the molecule is CC#C[C@]1(O)[C@H](OC)C[C@H]2[C@@H]3CCC4=CC(=O)CCC4=C3[C@@H](c3ccc(C(C)(C)C)cc3)C[C@@]21C. The highest BCUT2D eigenvalue weighted by Gasteiger charge is 2.67.